The van der Waals surface area contributed by atoms with E-state index < -0.39 is 11.6 Å². The van der Waals surface area contributed by atoms with Crippen LogP contribution in [-0.2, 0) is 4.79 Å². The van der Waals surface area contributed by atoms with Crippen molar-refractivity contribution in [3.05, 3.63) is 65.4 Å². The quantitative estimate of drug-likeness (QED) is 0.143. The van der Waals surface area contributed by atoms with Crippen molar-refractivity contribution in [1.29, 1.82) is 0 Å². The van der Waals surface area contributed by atoms with E-state index in [2.05, 4.69) is 37.6 Å². The fourth-order valence-electron chi connectivity index (χ4n) is 4.28. The Bertz CT molecular complexity index is 1310. The normalized spacial score (nSPS) is 11.9. The molecule has 0 saturated heterocycles. The van der Waals surface area contributed by atoms with Crippen LogP contribution in [0.2, 0.25) is 0 Å². The van der Waals surface area contributed by atoms with E-state index >= 15 is 0 Å². The minimum absolute atomic E-state index is 0.0375. The van der Waals surface area contributed by atoms with E-state index in [0.29, 0.717) is 41.8 Å². The summed E-state index contributed by atoms with van der Waals surface area (Å²) in [6.07, 6.45) is 7.60. The second-order valence-electron chi connectivity index (χ2n) is 9.23. The van der Waals surface area contributed by atoms with Crippen LogP contribution < -0.4 is 11.1 Å². The standard InChI is InChI=1S/C28H34F2N6O.CH5N/c1-19(2)36-20(3)13-23-24(29)14-22(15-26(23)36)28-25(30)17-33-27(34-28)8-7-21(16-31-4)18-35(5)11-10-32-9-6-12-37;1-2/h7-8,12-17,19,32H,4,6,9-11,18H2,1-3,5H3;2H2,1H3/b8-7-,21-16+;. The first-order valence-corrected chi connectivity index (χ1v) is 12.8. The van der Waals surface area contributed by atoms with Crippen molar-refractivity contribution in [3.8, 4) is 11.3 Å². The summed E-state index contributed by atoms with van der Waals surface area (Å²) in [5.74, 6) is -0.753. The van der Waals surface area contributed by atoms with Crippen LogP contribution in [0.4, 0.5) is 8.78 Å². The number of fused-ring (bicyclic) bond motifs is 1. The molecule has 0 aliphatic rings. The van der Waals surface area contributed by atoms with E-state index in [9.17, 15) is 13.6 Å². The summed E-state index contributed by atoms with van der Waals surface area (Å²) in [6.45, 7) is 12.3. The van der Waals surface area contributed by atoms with Crippen molar-refractivity contribution < 1.29 is 13.6 Å². The van der Waals surface area contributed by atoms with Gasteiger partial charge in [-0.1, -0.05) is 6.08 Å². The van der Waals surface area contributed by atoms with Crippen LogP contribution in [0.5, 0.6) is 0 Å². The molecule has 0 bridgehead atoms. The molecule has 3 N–H and O–H groups in total. The number of aldehydes is 1. The van der Waals surface area contributed by atoms with Gasteiger partial charge in [0.25, 0.3) is 0 Å². The Morgan fingerprint density at radius 1 is 1.23 bits per heavy atom. The molecule has 0 unspecified atom stereocenters. The monoisotopic (exact) mass is 539 g/mol. The van der Waals surface area contributed by atoms with Gasteiger partial charge in [-0.25, -0.2) is 18.7 Å². The maximum Gasteiger partial charge on any atom is 0.167 e. The van der Waals surface area contributed by atoms with E-state index in [1.165, 1.54) is 13.1 Å². The summed E-state index contributed by atoms with van der Waals surface area (Å²) < 4.78 is 31.8. The Balaban J connectivity index is 0.00000260. The van der Waals surface area contributed by atoms with Gasteiger partial charge in [0.2, 0.25) is 0 Å². The van der Waals surface area contributed by atoms with Gasteiger partial charge >= 0.3 is 0 Å². The van der Waals surface area contributed by atoms with Crippen LogP contribution in [-0.4, -0.2) is 72.7 Å². The lowest BCUT2D eigenvalue weighted by molar-refractivity contribution is -0.107. The molecule has 0 aliphatic heterocycles. The number of nitrogens with two attached hydrogens (primary N) is 1. The van der Waals surface area contributed by atoms with Gasteiger partial charge in [-0.05, 0) is 71.4 Å². The summed E-state index contributed by atoms with van der Waals surface area (Å²) in [5.41, 5.74) is 7.38. The molecule has 1 aromatic carbocycles. The van der Waals surface area contributed by atoms with Crippen molar-refractivity contribution in [1.82, 2.24) is 24.8 Å². The predicted octanol–water partition coefficient (Wildman–Crippen LogP) is 4.55. The molecule has 3 rings (SSSR count). The number of likely N-dealkylation sites (N-methyl/N-ethyl adjacent to an activating group) is 1. The molecular formula is C29H39F2N7O. The Kier molecular flexibility index (Phi) is 12.7. The number of rotatable bonds is 13. The number of nitrogens with zero attached hydrogens (tertiary/aromatic N) is 5. The molecule has 10 heteroatoms. The molecule has 0 aliphatic carbocycles. The SMILES string of the molecule is C=N/C=C(\C=C/c1ncc(F)c(-c2cc(F)c3cc(C)n(C(C)C)c3c2)n1)CN(C)CCNCCC=O.CN. The minimum atomic E-state index is -0.624. The van der Waals surface area contributed by atoms with Crippen molar-refractivity contribution in [3.63, 3.8) is 0 Å². The zero-order valence-electron chi connectivity index (χ0n) is 23.4. The first-order valence-electron chi connectivity index (χ1n) is 12.8. The highest BCUT2D eigenvalue weighted by Crippen LogP contribution is 2.31. The van der Waals surface area contributed by atoms with Gasteiger partial charge in [0, 0.05) is 61.5 Å². The first-order chi connectivity index (χ1) is 18.7. The smallest absolute Gasteiger partial charge is 0.167 e. The zero-order chi connectivity index (χ0) is 28.9. The van der Waals surface area contributed by atoms with Crippen LogP contribution in [0.15, 0.2) is 47.2 Å². The Labute approximate surface area is 229 Å². The molecule has 0 radical (unpaired) electrons. The molecule has 3 aromatic rings. The van der Waals surface area contributed by atoms with Crippen LogP contribution >= 0.6 is 0 Å². The maximum absolute atomic E-state index is 15.0. The Morgan fingerprint density at radius 3 is 2.64 bits per heavy atom. The number of carbonyl (C=O) groups is 1. The molecular weight excluding hydrogens is 500 g/mol. The fourth-order valence-corrected chi connectivity index (χ4v) is 4.28. The highest BCUT2D eigenvalue weighted by Gasteiger charge is 2.17. The molecule has 0 saturated carbocycles. The second kappa shape index (κ2) is 15.7. The molecule has 0 fully saturated rings. The molecule has 210 valence electrons. The van der Waals surface area contributed by atoms with Gasteiger partial charge in [-0.2, -0.15) is 0 Å². The van der Waals surface area contributed by atoms with Crippen molar-refractivity contribution in [2.24, 2.45) is 10.7 Å². The Morgan fingerprint density at radius 2 is 1.97 bits per heavy atom. The summed E-state index contributed by atoms with van der Waals surface area (Å²) >= 11 is 0. The average molecular weight is 540 g/mol. The molecule has 0 spiro atoms. The summed E-state index contributed by atoms with van der Waals surface area (Å²) in [7, 11) is 3.47. The first kappa shape index (κ1) is 31.6. The predicted molar refractivity (Wildman–Crippen MR) is 156 cm³/mol. The van der Waals surface area contributed by atoms with Gasteiger partial charge in [-0.15, -0.1) is 0 Å². The largest absolute Gasteiger partial charge is 0.342 e. The van der Waals surface area contributed by atoms with E-state index in [1.54, 1.807) is 30.5 Å². The molecule has 0 amide bonds. The lowest BCUT2D eigenvalue weighted by atomic mass is 10.1. The van der Waals surface area contributed by atoms with Crippen LogP contribution in [0.1, 0.15) is 37.8 Å². The average Bonchev–Trinajstić information content (AvgIpc) is 3.25. The zero-order valence-corrected chi connectivity index (χ0v) is 23.4. The minimum Gasteiger partial charge on any atom is -0.342 e. The third kappa shape index (κ3) is 8.71. The summed E-state index contributed by atoms with van der Waals surface area (Å²) in [6, 6.07) is 5.01. The number of nitrogens with one attached hydrogen (secondary N) is 1. The van der Waals surface area contributed by atoms with Crippen LogP contribution in [0.25, 0.3) is 28.2 Å². The summed E-state index contributed by atoms with van der Waals surface area (Å²) in [4.78, 5) is 24.8. The highest BCUT2D eigenvalue weighted by molar-refractivity contribution is 5.86. The van der Waals surface area contributed by atoms with Crippen molar-refractivity contribution in [2.75, 3.05) is 40.3 Å². The number of halogens is 2. The van der Waals surface area contributed by atoms with Crippen LogP contribution in [0, 0.1) is 18.6 Å². The van der Waals surface area contributed by atoms with Gasteiger partial charge in [0.15, 0.2) is 11.6 Å². The third-order valence-electron chi connectivity index (χ3n) is 5.92. The number of carbonyl (C=O) groups excluding carboxylic acids is 1. The van der Waals surface area contributed by atoms with Gasteiger partial charge in [0.05, 0.1) is 11.7 Å². The number of aryl methyl sites for hydroxylation is 1. The van der Waals surface area contributed by atoms with E-state index in [-0.39, 0.29) is 11.7 Å². The highest BCUT2D eigenvalue weighted by atomic mass is 19.1. The number of hydrogen-bond donors (Lipinski definition) is 2. The number of aromatic nitrogens is 3. The third-order valence-corrected chi connectivity index (χ3v) is 5.92. The van der Waals surface area contributed by atoms with Gasteiger partial charge < -0.3 is 25.3 Å². The Hall–Kier alpha value is -3.60. The lowest BCUT2D eigenvalue weighted by Gasteiger charge is -2.17. The molecule has 8 nitrogen and oxygen atoms in total. The van der Waals surface area contributed by atoms with E-state index in [0.717, 1.165) is 36.8 Å². The van der Waals surface area contributed by atoms with E-state index in [4.69, 9.17) is 0 Å². The van der Waals surface area contributed by atoms with Crippen molar-refractivity contribution in [2.45, 2.75) is 33.2 Å². The number of aliphatic imine (C=N–C) groups is 1. The second-order valence-corrected chi connectivity index (χ2v) is 9.23. The number of benzene rings is 1. The molecule has 0 atom stereocenters. The van der Waals surface area contributed by atoms with E-state index in [1.807, 2.05) is 32.4 Å². The lowest BCUT2D eigenvalue weighted by Crippen LogP contribution is -2.31. The van der Waals surface area contributed by atoms with Crippen LogP contribution in [0.3, 0.4) is 0 Å². The van der Waals surface area contributed by atoms with Gasteiger partial charge in [-0.3, -0.25) is 4.99 Å². The summed E-state index contributed by atoms with van der Waals surface area (Å²) in [5, 5.41) is 3.70. The maximum atomic E-state index is 15.0. The molecule has 2 heterocycles. The topological polar surface area (TPSA) is 101 Å². The number of hydrogen-bond acceptors (Lipinski definition) is 7. The van der Waals surface area contributed by atoms with Gasteiger partial charge in [0.1, 0.15) is 17.8 Å². The fraction of sp³-hybridized carbons (Fsp3) is 0.379. The molecule has 2 aromatic heterocycles. The van der Waals surface area contributed by atoms with Crippen molar-refractivity contribution >= 4 is 30.0 Å². The molecule has 39 heavy (non-hydrogen) atoms.